The molecule has 2 heterocycles. The summed E-state index contributed by atoms with van der Waals surface area (Å²) in [7, 11) is 0. The number of morpholine rings is 1. The second-order valence-corrected chi connectivity index (χ2v) is 8.70. The molecule has 33 heavy (non-hydrogen) atoms. The Morgan fingerprint density at radius 3 is 2.27 bits per heavy atom. The number of pyridine rings is 1. The minimum Gasteiger partial charge on any atom is -0.492 e. The number of benzene rings is 2. The van der Waals surface area contributed by atoms with Gasteiger partial charge in [-0.1, -0.05) is 44.2 Å². The molecule has 6 heteroatoms. The number of hydrogen-bond donors (Lipinski definition) is 2. The minimum atomic E-state index is -0.148. The largest absolute Gasteiger partial charge is 0.492 e. The van der Waals surface area contributed by atoms with Gasteiger partial charge in [0.2, 0.25) is 0 Å². The van der Waals surface area contributed by atoms with Crippen molar-refractivity contribution in [3.63, 3.8) is 0 Å². The lowest BCUT2D eigenvalue weighted by molar-refractivity contribution is 0.0263. The van der Waals surface area contributed by atoms with Gasteiger partial charge in [-0.15, -0.1) is 0 Å². The molecular weight excluding hydrogens is 414 g/mol. The van der Waals surface area contributed by atoms with Crippen molar-refractivity contribution in [2.45, 2.75) is 32.0 Å². The average Bonchev–Trinajstić information content (AvgIpc) is 2.87. The molecule has 1 aliphatic rings. The quantitative estimate of drug-likeness (QED) is 0.517. The van der Waals surface area contributed by atoms with Gasteiger partial charge in [-0.3, -0.25) is 4.98 Å². The number of nitrogens with two attached hydrogens (primary N) is 1. The molecule has 1 fully saturated rings. The molecule has 1 aliphatic heterocycles. The number of nitrogens with zero attached hydrogens (tertiary/aromatic N) is 1. The maximum atomic E-state index is 6.08. The van der Waals surface area contributed by atoms with Gasteiger partial charge in [0.15, 0.2) is 0 Å². The molecule has 174 valence electrons. The summed E-state index contributed by atoms with van der Waals surface area (Å²) in [6.45, 7) is 8.27. The van der Waals surface area contributed by atoms with Crippen molar-refractivity contribution in [2.24, 2.45) is 5.73 Å². The van der Waals surface area contributed by atoms with Crippen LogP contribution in [0.25, 0.3) is 0 Å². The lowest BCUT2D eigenvalue weighted by Gasteiger charge is -2.27. The molecule has 1 saturated heterocycles. The molecule has 3 N–H and O–H groups in total. The fourth-order valence-electron chi connectivity index (χ4n) is 4.06. The van der Waals surface area contributed by atoms with Gasteiger partial charge >= 0.3 is 0 Å². The van der Waals surface area contributed by atoms with Crippen molar-refractivity contribution in [3.05, 3.63) is 89.2 Å². The molecule has 0 spiro atoms. The van der Waals surface area contributed by atoms with E-state index in [2.05, 4.69) is 54.5 Å². The SMILES string of the molecule is CC(C)(c1ccc(OCCN)cc1)c1ccc(OCc2ncccc2C2CNCCO2)cc1. The van der Waals surface area contributed by atoms with E-state index in [1.807, 2.05) is 30.3 Å². The zero-order chi connectivity index (χ0) is 23.1. The maximum Gasteiger partial charge on any atom is 0.131 e. The molecule has 0 aliphatic carbocycles. The van der Waals surface area contributed by atoms with E-state index in [-0.39, 0.29) is 11.5 Å². The van der Waals surface area contributed by atoms with Gasteiger partial charge in [0, 0.05) is 36.8 Å². The van der Waals surface area contributed by atoms with Gasteiger partial charge in [0.25, 0.3) is 0 Å². The molecule has 0 saturated carbocycles. The number of nitrogens with one attached hydrogen (secondary N) is 1. The predicted molar refractivity (Wildman–Crippen MR) is 130 cm³/mol. The highest BCUT2D eigenvalue weighted by atomic mass is 16.5. The molecular formula is C27H33N3O3. The van der Waals surface area contributed by atoms with Crippen LogP contribution >= 0.6 is 0 Å². The molecule has 1 atom stereocenters. The highest BCUT2D eigenvalue weighted by molar-refractivity contribution is 5.42. The fraction of sp³-hybridized carbons (Fsp3) is 0.370. The van der Waals surface area contributed by atoms with Crippen LogP contribution in [0.2, 0.25) is 0 Å². The van der Waals surface area contributed by atoms with E-state index in [4.69, 9.17) is 19.9 Å². The summed E-state index contributed by atoms with van der Waals surface area (Å²) < 4.78 is 17.6. The van der Waals surface area contributed by atoms with Gasteiger partial charge in [0.1, 0.15) is 24.7 Å². The maximum absolute atomic E-state index is 6.08. The van der Waals surface area contributed by atoms with E-state index in [1.165, 1.54) is 11.1 Å². The molecule has 0 bridgehead atoms. The van der Waals surface area contributed by atoms with Crippen LogP contribution in [0.1, 0.15) is 42.3 Å². The zero-order valence-electron chi connectivity index (χ0n) is 19.4. The summed E-state index contributed by atoms with van der Waals surface area (Å²) in [5, 5.41) is 3.37. The normalized spacial score (nSPS) is 16.4. The molecule has 3 aromatic rings. The third kappa shape index (κ3) is 5.71. The Kier molecular flexibility index (Phi) is 7.60. The number of aromatic nitrogens is 1. The first kappa shape index (κ1) is 23.2. The first-order valence-electron chi connectivity index (χ1n) is 11.5. The van der Waals surface area contributed by atoms with Crippen molar-refractivity contribution in [3.8, 4) is 11.5 Å². The number of hydrogen-bond acceptors (Lipinski definition) is 6. The van der Waals surface area contributed by atoms with Crippen molar-refractivity contribution >= 4 is 0 Å². The summed E-state index contributed by atoms with van der Waals surface area (Å²) in [5.74, 6) is 1.66. The topological polar surface area (TPSA) is 78.6 Å². The van der Waals surface area contributed by atoms with E-state index in [9.17, 15) is 0 Å². The molecule has 0 radical (unpaired) electrons. The average molecular weight is 448 g/mol. The van der Waals surface area contributed by atoms with Crippen LogP contribution in [-0.4, -0.2) is 37.8 Å². The number of ether oxygens (including phenoxy) is 3. The summed E-state index contributed by atoms with van der Waals surface area (Å²) in [5.41, 5.74) is 9.79. The Bertz CT molecular complexity index is 1010. The van der Waals surface area contributed by atoms with E-state index in [0.717, 1.165) is 35.8 Å². The molecule has 6 nitrogen and oxygen atoms in total. The Morgan fingerprint density at radius 2 is 1.67 bits per heavy atom. The molecule has 4 rings (SSSR count). The van der Waals surface area contributed by atoms with Crippen LogP contribution in [0, 0.1) is 0 Å². The Morgan fingerprint density at radius 1 is 1.00 bits per heavy atom. The van der Waals surface area contributed by atoms with Gasteiger partial charge in [-0.05, 0) is 41.5 Å². The van der Waals surface area contributed by atoms with E-state index >= 15 is 0 Å². The smallest absolute Gasteiger partial charge is 0.131 e. The highest BCUT2D eigenvalue weighted by Crippen LogP contribution is 2.33. The van der Waals surface area contributed by atoms with Crippen molar-refractivity contribution in [1.29, 1.82) is 0 Å². The Labute approximate surface area is 196 Å². The van der Waals surface area contributed by atoms with Crippen LogP contribution in [0.4, 0.5) is 0 Å². The van der Waals surface area contributed by atoms with Crippen molar-refractivity contribution in [2.75, 3.05) is 32.8 Å². The Hall–Kier alpha value is -2.93. The second kappa shape index (κ2) is 10.8. The molecule has 2 aromatic carbocycles. The van der Waals surface area contributed by atoms with Crippen LogP contribution < -0.4 is 20.5 Å². The zero-order valence-corrected chi connectivity index (χ0v) is 19.4. The summed E-state index contributed by atoms with van der Waals surface area (Å²) >= 11 is 0. The van der Waals surface area contributed by atoms with Gasteiger partial charge in [-0.25, -0.2) is 0 Å². The summed E-state index contributed by atoms with van der Waals surface area (Å²) in [4.78, 5) is 4.54. The second-order valence-electron chi connectivity index (χ2n) is 8.70. The third-order valence-corrected chi connectivity index (χ3v) is 6.11. The van der Waals surface area contributed by atoms with Crippen LogP contribution in [-0.2, 0) is 16.8 Å². The van der Waals surface area contributed by atoms with E-state index < -0.39 is 0 Å². The van der Waals surface area contributed by atoms with Gasteiger partial charge in [0.05, 0.1) is 18.4 Å². The lowest BCUT2D eigenvalue weighted by atomic mass is 9.78. The predicted octanol–water partition coefficient (Wildman–Crippen LogP) is 3.98. The van der Waals surface area contributed by atoms with Gasteiger partial charge in [-0.2, -0.15) is 0 Å². The van der Waals surface area contributed by atoms with Gasteiger partial charge < -0.3 is 25.3 Å². The lowest BCUT2D eigenvalue weighted by Crippen LogP contribution is -2.34. The first-order chi connectivity index (χ1) is 16.1. The molecule has 0 amide bonds. The van der Waals surface area contributed by atoms with Crippen LogP contribution in [0.15, 0.2) is 66.9 Å². The molecule has 1 aromatic heterocycles. The highest BCUT2D eigenvalue weighted by Gasteiger charge is 2.23. The fourth-order valence-corrected chi connectivity index (χ4v) is 4.06. The third-order valence-electron chi connectivity index (χ3n) is 6.11. The number of rotatable bonds is 9. The minimum absolute atomic E-state index is 0.0151. The van der Waals surface area contributed by atoms with Crippen molar-refractivity contribution in [1.82, 2.24) is 10.3 Å². The van der Waals surface area contributed by atoms with E-state index in [1.54, 1.807) is 6.20 Å². The monoisotopic (exact) mass is 447 g/mol. The summed E-state index contributed by atoms with van der Waals surface area (Å²) in [6, 6.07) is 20.5. The van der Waals surface area contributed by atoms with E-state index in [0.29, 0.717) is 26.4 Å². The van der Waals surface area contributed by atoms with Crippen LogP contribution in [0.3, 0.4) is 0 Å². The van der Waals surface area contributed by atoms with Crippen LogP contribution in [0.5, 0.6) is 11.5 Å². The van der Waals surface area contributed by atoms with Crippen molar-refractivity contribution < 1.29 is 14.2 Å². The standard InChI is InChI=1S/C27H33N3O3/c1-27(2,20-5-9-22(10-6-20)31-16-13-28)21-7-11-23(12-8-21)33-19-25-24(4-3-14-30-25)26-18-29-15-17-32-26/h3-12,14,26,29H,13,15-19,28H2,1-2H3. The summed E-state index contributed by atoms with van der Waals surface area (Å²) in [6.07, 6.45) is 1.82. The first-order valence-corrected chi connectivity index (χ1v) is 11.5. The Balaban J connectivity index is 1.41. The molecule has 1 unspecified atom stereocenters.